The van der Waals surface area contributed by atoms with Crippen molar-refractivity contribution in [1.29, 1.82) is 0 Å². The molecule has 0 aliphatic rings. The fraction of sp³-hybridized carbons (Fsp3) is 0.600. The molecule has 0 aliphatic carbocycles. The maximum absolute atomic E-state index is 5.68. The van der Waals surface area contributed by atoms with Crippen molar-refractivity contribution in [2.24, 2.45) is 0 Å². The maximum Gasteiger partial charge on any atom is 0.119 e. The second kappa shape index (κ2) is 8.13. The molecule has 0 saturated carbocycles. The summed E-state index contributed by atoms with van der Waals surface area (Å²) in [4.78, 5) is 0. The van der Waals surface area contributed by atoms with Crippen LogP contribution in [0.15, 0.2) is 24.3 Å². The van der Waals surface area contributed by atoms with Crippen molar-refractivity contribution in [2.45, 2.75) is 39.5 Å². The van der Waals surface area contributed by atoms with Crippen LogP contribution in [0.4, 0.5) is 0 Å². The molecule has 0 aromatic heterocycles. The Kier molecular flexibility index (Phi) is 6.71. The summed E-state index contributed by atoms with van der Waals surface area (Å²) < 4.78 is 5.68. The summed E-state index contributed by atoms with van der Waals surface area (Å²) in [5.41, 5.74) is 1.36. The van der Waals surface area contributed by atoms with Gasteiger partial charge in [-0.25, -0.2) is 0 Å². The van der Waals surface area contributed by atoms with Crippen LogP contribution in [0.3, 0.4) is 0 Å². The van der Waals surface area contributed by atoms with Crippen LogP contribution in [-0.4, -0.2) is 19.7 Å². The Hall–Kier alpha value is -1.02. The zero-order valence-corrected chi connectivity index (χ0v) is 11.3. The second-order valence-corrected chi connectivity index (χ2v) is 4.68. The first-order chi connectivity index (χ1) is 8.24. The molecule has 0 spiro atoms. The van der Waals surface area contributed by atoms with E-state index in [4.69, 9.17) is 4.74 Å². The van der Waals surface area contributed by atoms with E-state index >= 15 is 0 Å². The number of hydrogen-bond donors (Lipinski definition) is 1. The van der Waals surface area contributed by atoms with Crippen LogP contribution < -0.4 is 10.1 Å². The van der Waals surface area contributed by atoms with Crippen LogP contribution in [0.1, 0.15) is 45.1 Å². The van der Waals surface area contributed by atoms with Gasteiger partial charge in [0.25, 0.3) is 0 Å². The van der Waals surface area contributed by atoms with Gasteiger partial charge in [-0.2, -0.15) is 0 Å². The first-order valence-corrected chi connectivity index (χ1v) is 6.67. The van der Waals surface area contributed by atoms with Crippen molar-refractivity contribution in [3.63, 3.8) is 0 Å². The van der Waals surface area contributed by atoms with Crippen molar-refractivity contribution < 1.29 is 4.74 Å². The van der Waals surface area contributed by atoms with Crippen LogP contribution in [0.2, 0.25) is 0 Å². The van der Waals surface area contributed by atoms with E-state index in [0.717, 1.165) is 31.9 Å². The van der Waals surface area contributed by atoms with Gasteiger partial charge in [0.15, 0.2) is 0 Å². The zero-order chi connectivity index (χ0) is 12.5. The highest BCUT2D eigenvalue weighted by atomic mass is 16.5. The quantitative estimate of drug-likeness (QED) is 0.695. The highest BCUT2D eigenvalue weighted by Gasteiger charge is 1.99. The highest BCUT2D eigenvalue weighted by Crippen LogP contribution is 2.18. The normalized spacial score (nSPS) is 10.8. The van der Waals surface area contributed by atoms with Gasteiger partial charge in [-0.3, -0.25) is 0 Å². The first-order valence-electron chi connectivity index (χ1n) is 6.67. The molecule has 1 N–H and O–H groups in total. The zero-order valence-electron chi connectivity index (χ0n) is 11.3. The lowest BCUT2D eigenvalue weighted by Crippen LogP contribution is -2.18. The van der Waals surface area contributed by atoms with E-state index in [1.807, 2.05) is 0 Å². The van der Waals surface area contributed by atoms with Crippen molar-refractivity contribution in [3.05, 3.63) is 29.8 Å². The standard InChI is InChI=1S/C15H25NO/c1-4-10-16-11-5-12-17-15-8-6-14(7-9-15)13(2)3/h6-9,13,16H,4-5,10-12H2,1-3H3. The van der Waals surface area contributed by atoms with Crippen molar-refractivity contribution in [1.82, 2.24) is 5.32 Å². The van der Waals surface area contributed by atoms with Gasteiger partial charge < -0.3 is 10.1 Å². The Bertz CT molecular complexity index is 292. The molecule has 0 heterocycles. The molecule has 0 radical (unpaired) electrons. The number of hydrogen-bond acceptors (Lipinski definition) is 2. The summed E-state index contributed by atoms with van der Waals surface area (Å²) in [5, 5.41) is 3.37. The van der Waals surface area contributed by atoms with Crippen LogP contribution in [0.5, 0.6) is 5.75 Å². The van der Waals surface area contributed by atoms with Crippen molar-refractivity contribution in [3.8, 4) is 5.75 Å². The summed E-state index contributed by atoms with van der Waals surface area (Å²) in [5.74, 6) is 1.56. The Morgan fingerprint density at radius 3 is 2.41 bits per heavy atom. The van der Waals surface area contributed by atoms with E-state index in [0.29, 0.717) is 5.92 Å². The molecule has 0 atom stereocenters. The topological polar surface area (TPSA) is 21.3 Å². The van der Waals surface area contributed by atoms with Gasteiger partial charge in [-0.05, 0) is 49.5 Å². The van der Waals surface area contributed by atoms with Crippen LogP contribution >= 0.6 is 0 Å². The van der Waals surface area contributed by atoms with Gasteiger partial charge in [-0.1, -0.05) is 32.9 Å². The Balaban J connectivity index is 2.19. The number of benzene rings is 1. The lowest BCUT2D eigenvalue weighted by molar-refractivity contribution is 0.308. The number of rotatable bonds is 8. The second-order valence-electron chi connectivity index (χ2n) is 4.68. The van der Waals surface area contributed by atoms with Crippen LogP contribution in [0.25, 0.3) is 0 Å². The summed E-state index contributed by atoms with van der Waals surface area (Å²) in [6, 6.07) is 8.42. The molecule has 1 aromatic carbocycles. The third kappa shape index (κ3) is 5.73. The number of nitrogens with one attached hydrogen (secondary N) is 1. The fourth-order valence-electron chi connectivity index (χ4n) is 1.64. The third-order valence-corrected chi connectivity index (χ3v) is 2.74. The third-order valence-electron chi connectivity index (χ3n) is 2.74. The largest absolute Gasteiger partial charge is 0.494 e. The molecule has 0 aliphatic heterocycles. The lowest BCUT2D eigenvalue weighted by atomic mass is 10.0. The van der Waals surface area contributed by atoms with Gasteiger partial charge in [0.05, 0.1) is 6.61 Å². The highest BCUT2D eigenvalue weighted by molar-refractivity contribution is 5.28. The van der Waals surface area contributed by atoms with Crippen molar-refractivity contribution >= 4 is 0 Å². The van der Waals surface area contributed by atoms with E-state index in [1.54, 1.807) is 0 Å². The summed E-state index contributed by atoms with van der Waals surface area (Å²) >= 11 is 0. The van der Waals surface area contributed by atoms with E-state index in [9.17, 15) is 0 Å². The van der Waals surface area contributed by atoms with Gasteiger partial charge in [0.1, 0.15) is 5.75 Å². The molecule has 17 heavy (non-hydrogen) atoms. The Labute approximate surface area is 105 Å². The molecule has 0 bridgehead atoms. The van der Waals surface area contributed by atoms with Gasteiger partial charge in [0.2, 0.25) is 0 Å². The first kappa shape index (κ1) is 14.0. The molecule has 96 valence electrons. The van der Waals surface area contributed by atoms with Crippen LogP contribution in [-0.2, 0) is 0 Å². The minimum Gasteiger partial charge on any atom is -0.494 e. The molecule has 0 unspecified atom stereocenters. The Morgan fingerprint density at radius 1 is 1.12 bits per heavy atom. The molecule has 0 saturated heterocycles. The fourth-order valence-corrected chi connectivity index (χ4v) is 1.64. The maximum atomic E-state index is 5.68. The van der Waals surface area contributed by atoms with E-state index < -0.39 is 0 Å². The molecular formula is C15H25NO. The smallest absolute Gasteiger partial charge is 0.119 e. The number of ether oxygens (including phenoxy) is 1. The molecule has 2 nitrogen and oxygen atoms in total. The minimum absolute atomic E-state index is 0.585. The lowest BCUT2D eigenvalue weighted by Gasteiger charge is -2.09. The molecular weight excluding hydrogens is 210 g/mol. The van der Waals surface area contributed by atoms with E-state index in [1.165, 1.54) is 12.0 Å². The minimum atomic E-state index is 0.585. The SMILES string of the molecule is CCCNCCCOc1ccc(C(C)C)cc1. The average molecular weight is 235 g/mol. The summed E-state index contributed by atoms with van der Waals surface area (Å²) in [7, 11) is 0. The monoisotopic (exact) mass is 235 g/mol. The molecule has 1 aromatic rings. The molecule has 0 amide bonds. The summed E-state index contributed by atoms with van der Waals surface area (Å²) in [6.07, 6.45) is 2.25. The van der Waals surface area contributed by atoms with Crippen molar-refractivity contribution in [2.75, 3.05) is 19.7 Å². The molecule has 0 fully saturated rings. The average Bonchev–Trinajstić information content (AvgIpc) is 2.34. The molecule has 2 heteroatoms. The van der Waals surface area contributed by atoms with Gasteiger partial charge >= 0.3 is 0 Å². The van der Waals surface area contributed by atoms with E-state index in [-0.39, 0.29) is 0 Å². The summed E-state index contributed by atoms with van der Waals surface area (Å²) in [6.45, 7) is 9.52. The molecule has 1 rings (SSSR count). The Morgan fingerprint density at radius 2 is 1.82 bits per heavy atom. The van der Waals surface area contributed by atoms with E-state index in [2.05, 4.69) is 50.4 Å². The van der Waals surface area contributed by atoms with Crippen LogP contribution in [0, 0.1) is 0 Å². The predicted octanol–water partition coefficient (Wildman–Crippen LogP) is 3.58. The van der Waals surface area contributed by atoms with Gasteiger partial charge in [-0.15, -0.1) is 0 Å². The predicted molar refractivity (Wildman–Crippen MR) is 73.8 cm³/mol. The van der Waals surface area contributed by atoms with Gasteiger partial charge in [0, 0.05) is 0 Å².